The lowest BCUT2D eigenvalue weighted by atomic mass is 10.1. The topological polar surface area (TPSA) is 104 Å². The number of aromatic nitrogens is 5. The van der Waals surface area contributed by atoms with E-state index in [1.54, 1.807) is 16.7 Å². The Labute approximate surface area is 224 Å². The maximum Gasteiger partial charge on any atom is 0.332 e. The molecule has 0 spiro atoms. The highest BCUT2D eigenvalue weighted by Crippen LogP contribution is 2.52. The molecule has 2 aliphatic carbocycles. The smallest absolute Gasteiger partial charge is 0.332 e. The van der Waals surface area contributed by atoms with E-state index < -0.39 is 11.2 Å². The molecule has 3 atom stereocenters. The molecular weight excluding hydrogens is 501 g/mol. The predicted molar refractivity (Wildman–Crippen MR) is 144 cm³/mol. The molecule has 2 fully saturated rings. The zero-order valence-corrected chi connectivity index (χ0v) is 22.1. The van der Waals surface area contributed by atoms with Crippen LogP contribution < -0.4 is 16.0 Å². The number of nitrogens with zero attached hydrogens (tertiary/aromatic N) is 5. The third-order valence-electron chi connectivity index (χ3n) is 8.01. The van der Waals surface area contributed by atoms with Crippen molar-refractivity contribution in [1.29, 1.82) is 0 Å². The summed E-state index contributed by atoms with van der Waals surface area (Å²) in [6.07, 6.45) is 3.96. The number of fused-ring (bicyclic) bond motifs is 2. The molecule has 1 aromatic carbocycles. The molecule has 0 radical (unpaired) electrons. The number of halogens is 1. The van der Waals surface area contributed by atoms with Crippen molar-refractivity contribution in [2.45, 2.75) is 65.3 Å². The van der Waals surface area contributed by atoms with Crippen molar-refractivity contribution in [2.24, 2.45) is 11.8 Å². The molecule has 0 aliphatic heterocycles. The van der Waals surface area contributed by atoms with Crippen molar-refractivity contribution in [2.75, 3.05) is 6.61 Å². The Morgan fingerprint density at radius 1 is 1.00 bits per heavy atom. The number of benzene rings is 1. The van der Waals surface area contributed by atoms with Crippen molar-refractivity contribution >= 4 is 11.2 Å². The lowest BCUT2D eigenvalue weighted by Crippen LogP contribution is -2.40. The first-order valence-electron chi connectivity index (χ1n) is 13.6. The van der Waals surface area contributed by atoms with Gasteiger partial charge in [-0.05, 0) is 75.1 Å². The Bertz CT molecular complexity index is 1650. The number of aryl methyl sites for hydroxylation is 2. The molecule has 0 amide bonds. The molecule has 0 saturated heterocycles. The van der Waals surface area contributed by atoms with E-state index in [1.807, 2.05) is 26.0 Å². The second kappa shape index (κ2) is 10.1. The Morgan fingerprint density at radius 2 is 1.74 bits per heavy atom. The first-order valence-corrected chi connectivity index (χ1v) is 13.6. The van der Waals surface area contributed by atoms with Crippen LogP contribution in [0.3, 0.4) is 0 Å². The van der Waals surface area contributed by atoms with Gasteiger partial charge in [-0.15, -0.1) is 0 Å². The van der Waals surface area contributed by atoms with Crippen LogP contribution in [-0.4, -0.2) is 41.5 Å². The highest BCUT2D eigenvalue weighted by atomic mass is 19.1. The summed E-state index contributed by atoms with van der Waals surface area (Å²) in [5, 5.41) is 9.34. The normalized spacial score (nSPS) is 19.9. The molecule has 0 bridgehead atoms. The lowest BCUT2D eigenvalue weighted by Gasteiger charge is -2.16. The fourth-order valence-electron chi connectivity index (χ4n) is 5.90. The Hall–Kier alpha value is -3.79. The number of ether oxygens (including phenoxy) is 1. The van der Waals surface area contributed by atoms with Gasteiger partial charge in [-0.2, -0.15) is 0 Å². The third-order valence-corrected chi connectivity index (χ3v) is 8.01. The molecule has 6 rings (SSSR count). The van der Waals surface area contributed by atoms with Crippen LogP contribution in [-0.2, 0) is 19.6 Å². The van der Waals surface area contributed by atoms with Gasteiger partial charge >= 0.3 is 5.69 Å². The van der Waals surface area contributed by atoms with Gasteiger partial charge in [-0.3, -0.25) is 13.9 Å². The molecule has 9 nitrogen and oxygen atoms in total. The Balaban J connectivity index is 1.49. The zero-order chi connectivity index (χ0) is 27.3. The number of hydrogen-bond donors (Lipinski definition) is 1. The first kappa shape index (κ1) is 25.5. The summed E-state index contributed by atoms with van der Waals surface area (Å²) in [5.41, 5.74) is 1.81. The minimum Gasteiger partial charge on any atom is -0.474 e. The monoisotopic (exact) mass is 533 g/mol. The number of imidazole rings is 1. The van der Waals surface area contributed by atoms with Crippen LogP contribution >= 0.6 is 0 Å². The van der Waals surface area contributed by atoms with E-state index in [9.17, 15) is 19.1 Å². The molecule has 2 saturated carbocycles. The van der Waals surface area contributed by atoms with E-state index in [0.29, 0.717) is 29.5 Å². The molecule has 1 unspecified atom stereocenters. The summed E-state index contributed by atoms with van der Waals surface area (Å²) in [5.74, 6) is 2.32. The molecule has 204 valence electrons. The molecular formula is C29H32FN5O4. The van der Waals surface area contributed by atoms with E-state index in [1.165, 1.54) is 23.1 Å². The van der Waals surface area contributed by atoms with Gasteiger partial charge in [0.25, 0.3) is 5.56 Å². The third kappa shape index (κ3) is 4.67. The van der Waals surface area contributed by atoms with Crippen LogP contribution in [0.1, 0.15) is 43.9 Å². The highest BCUT2D eigenvalue weighted by Gasteiger charge is 2.47. The maximum absolute atomic E-state index is 13.7. The van der Waals surface area contributed by atoms with Gasteiger partial charge in [0.15, 0.2) is 11.2 Å². The summed E-state index contributed by atoms with van der Waals surface area (Å²) >= 11 is 0. The van der Waals surface area contributed by atoms with Crippen LogP contribution in [0, 0.1) is 24.6 Å². The number of aliphatic hydroxyl groups excluding tert-OH is 1. The fraction of sp³-hybridized carbons (Fsp3) is 0.448. The molecule has 2 aliphatic rings. The van der Waals surface area contributed by atoms with Gasteiger partial charge in [-0.25, -0.2) is 19.2 Å². The second-order valence-electron chi connectivity index (χ2n) is 10.6. The van der Waals surface area contributed by atoms with Gasteiger partial charge in [0.2, 0.25) is 5.88 Å². The summed E-state index contributed by atoms with van der Waals surface area (Å²) in [6, 6.07) is 9.82. The Morgan fingerprint density at radius 3 is 2.41 bits per heavy atom. The van der Waals surface area contributed by atoms with Crippen molar-refractivity contribution in [3.05, 3.63) is 74.3 Å². The highest BCUT2D eigenvalue weighted by molar-refractivity contribution is 5.78. The van der Waals surface area contributed by atoms with Gasteiger partial charge in [0.1, 0.15) is 17.7 Å². The van der Waals surface area contributed by atoms with Crippen LogP contribution in [0.15, 0.2) is 46.0 Å². The van der Waals surface area contributed by atoms with Crippen LogP contribution in [0.2, 0.25) is 0 Å². The molecule has 4 aromatic rings. The summed E-state index contributed by atoms with van der Waals surface area (Å²) in [7, 11) is 0. The summed E-state index contributed by atoms with van der Waals surface area (Å²) in [4.78, 5) is 36.5. The summed E-state index contributed by atoms with van der Waals surface area (Å²) in [6.45, 7) is 4.21. The minimum absolute atomic E-state index is 0.0939. The molecule has 10 heteroatoms. The first-order chi connectivity index (χ1) is 18.9. The Kier molecular flexibility index (Phi) is 6.58. The number of aliphatic hydroxyl groups is 1. The van der Waals surface area contributed by atoms with E-state index in [2.05, 4.69) is 0 Å². The zero-order valence-electron chi connectivity index (χ0n) is 22.1. The molecule has 3 heterocycles. The van der Waals surface area contributed by atoms with Gasteiger partial charge in [-0.1, -0.05) is 12.1 Å². The van der Waals surface area contributed by atoms with Gasteiger partial charge in [0.05, 0.1) is 5.69 Å². The van der Waals surface area contributed by atoms with Gasteiger partial charge in [0, 0.05) is 37.9 Å². The number of rotatable bonds is 9. The van der Waals surface area contributed by atoms with Crippen LogP contribution in [0.5, 0.6) is 5.88 Å². The van der Waals surface area contributed by atoms with E-state index in [-0.39, 0.29) is 49.2 Å². The number of pyridine rings is 1. The predicted octanol–water partition coefficient (Wildman–Crippen LogP) is 3.50. The van der Waals surface area contributed by atoms with E-state index in [0.717, 1.165) is 34.8 Å². The van der Waals surface area contributed by atoms with Crippen LogP contribution in [0.4, 0.5) is 4.39 Å². The van der Waals surface area contributed by atoms with E-state index >= 15 is 0 Å². The SMILES string of the molecule is CCn1c(=O)n(CCCO)c(=O)c2c1nc(-c1ccc(OC3C[C@@H]4C[C@@H]4C3)nc1C)n2Cc1ccc(F)cc1. The van der Waals surface area contributed by atoms with Crippen LogP contribution in [0.25, 0.3) is 22.6 Å². The fourth-order valence-corrected chi connectivity index (χ4v) is 5.90. The van der Waals surface area contributed by atoms with E-state index in [4.69, 9.17) is 14.7 Å². The van der Waals surface area contributed by atoms with Crippen molar-refractivity contribution < 1.29 is 14.2 Å². The van der Waals surface area contributed by atoms with Crippen molar-refractivity contribution in [1.82, 2.24) is 23.7 Å². The quantitative estimate of drug-likeness (QED) is 0.353. The minimum atomic E-state index is -0.473. The second-order valence-corrected chi connectivity index (χ2v) is 10.6. The average Bonchev–Trinajstić information content (AvgIpc) is 3.36. The number of hydrogen-bond acceptors (Lipinski definition) is 6. The van der Waals surface area contributed by atoms with Crippen molar-refractivity contribution in [3.8, 4) is 17.3 Å². The largest absolute Gasteiger partial charge is 0.474 e. The lowest BCUT2D eigenvalue weighted by molar-refractivity contribution is 0.186. The van der Waals surface area contributed by atoms with Crippen molar-refractivity contribution in [3.63, 3.8) is 0 Å². The molecule has 39 heavy (non-hydrogen) atoms. The summed E-state index contributed by atoms with van der Waals surface area (Å²) < 4.78 is 24.2. The molecule has 3 aromatic heterocycles. The van der Waals surface area contributed by atoms with Gasteiger partial charge < -0.3 is 14.4 Å². The molecule has 1 N–H and O–H groups in total. The maximum atomic E-state index is 13.7. The average molecular weight is 534 g/mol. The standard InChI is InChI=1S/C29H32FN5O4/c1-3-33-27-25(28(37)34(29(33)38)11-4-12-36)35(16-18-5-7-21(30)8-6-18)26(32-27)23-9-10-24(31-17(23)2)39-22-14-19-13-20(19)15-22/h5-10,19-20,22,36H,3-4,11-16H2,1-2H3/t19-,20+,22?.